The van der Waals surface area contributed by atoms with E-state index in [0.29, 0.717) is 18.4 Å². The van der Waals surface area contributed by atoms with E-state index in [1.807, 2.05) is 57.2 Å². The number of likely N-dealkylation sites (tertiary alicyclic amines) is 1. The van der Waals surface area contributed by atoms with Gasteiger partial charge in [0.1, 0.15) is 41.7 Å². The molecule has 0 spiro atoms. The molecule has 24 heteroatoms. The summed E-state index contributed by atoms with van der Waals surface area (Å²) in [5, 5.41) is 37.1. The van der Waals surface area contributed by atoms with Crippen molar-refractivity contribution in [3.05, 3.63) is 154 Å². The zero-order valence-corrected chi connectivity index (χ0v) is 59.1. The summed E-state index contributed by atoms with van der Waals surface area (Å²) in [5.74, 6) is -9.45. The van der Waals surface area contributed by atoms with Crippen LogP contribution in [0.15, 0.2) is 132 Å². The van der Waals surface area contributed by atoms with E-state index in [9.17, 15) is 68.1 Å². The number of aliphatic hydroxyl groups is 3. The second-order valence-corrected chi connectivity index (χ2v) is 30.1. The zero-order chi connectivity index (χ0) is 73.8. The highest BCUT2D eigenvalue weighted by atomic mass is 16.6. The van der Waals surface area contributed by atoms with Gasteiger partial charge in [0, 0.05) is 85.6 Å². The van der Waals surface area contributed by atoms with Crippen molar-refractivity contribution in [3.63, 3.8) is 0 Å². The highest BCUT2D eigenvalue weighted by Gasteiger charge is 2.80. The minimum absolute atomic E-state index is 0.0904. The van der Waals surface area contributed by atoms with E-state index in [1.165, 1.54) is 69.5 Å². The number of carbonyl (C=O) groups excluding carboxylic acids is 11. The number of carbonyl (C=O) groups is 11. The van der Waals surface area contributed by atoms with Crippen LogP contribution in [0.1, 0.15) is 165 Å². The number of ketones is 4. The fraction of sp³-hybridized carbons (Fsp3) is 0.519. The standard InChI is InChI=1S/C31H37NO10.C29H35NO9.C17H15NO2/c1-15-11-21-30(14-39-21,42-18(4)34)24-26(41-27(37)19-9-8-10-32-13-19)31(38)12-20(35)16(2)22(28(31,5)6)23(40-17(3)33)25(36)29(15,24)7;1-14-10-19-28(13-37-19,39-16(3)31)22-24(38-25(35)17-8-7-9-30-12-17)29(36)11-18(32)15(2)20(26(29,4)5)21(33)23(34)27(14,22)6;1-12-15(13-8-4-2-5-9-13)18(16(12)19)17(20)14-10-6-3-7-11-14/h8-10,13,15,21,23-24,26,38H,11-12,14H2,1-7H3;7-9,12,14,19,21-22,24,33,36H,10-11,13H2,1-6H3;2-12,15H,1H3/t15-,21?,23?,24?,26?,29+,30?,31?;14-,19?,21?,22?,24?,27+,28?,29?;12-,15?/m001/s1. The molecule has 6 aliphatic carbocycles. The minimum atomic E-state index is -2.12. The lowest BCUT2D eigenvalue weighted by Crippen LogP contribution is -2.80. The largest absolute Gasteiger partial charge is 0.455 e. The van der Waals surface area contributed by atoms with Crippen LogP contribution in [0.3, 0.4) is 0 Å². The van der Waals surface area contributed by atoms with E-state index in [4.69, 9.17) is 33.2 Å². The number of β-lactam (4-membered cyclic amide) rings is 1. The summed E-state index contributed by atoms with van der Waals surface area (Å²) >= 11 is 0. The first-order chi connectivity index (χ1) is 47.3. The van der Waals surface area contributed by atoms with Gasteiger partial charge in [0.25, 0.3) is 5.91 Å². The number of amides is 2. The molecule has 536 valence electrons. The van der Waals surface area contributed by atoms with E-state index in [-0.39, 0.29) is 70.4 Å². The number of nitrogens with zero attached hydrogens (tertiary/aromatic N) is 3. The van der Waals surface area contributed by atoms with Crippen molar-refractivity contribution in [1.29, 1.82) is 0 Å². The van der Waals surface area contributed by atoms with Crippen LogP contribution >= 0.6 is 0 Å². The molecule has 0 radical (unpaired) electrons. The average molecular weight is 1390 g/mol. The number of imide groups is 1. The quantitative estimate of drug-likeness (QED) is 0.0630. The minimum Gasteiger partial charge on any atom is -0.455 e. The molecule has 4 aromatic rings. The molecule has 5 heterocycles. The Hall–Kier alpha value is -8.81. The number of Topliss-reactive ketones (excluding diaryl/α,β-unsaturated/α-hetero) is 4. The summed E-state index contributed by atoms with van der Waals surface area (Å²) in [6.07, 6.45) is -2.18. The van der Waals surface area contributed by atoms with Crippen LogP contribution in [0.5, 0.6) is 0 Å². The molecule has 2 amide bonds. The molecule has 2 aromatic heterocycles. The Morgan fingerprint density at radius 3 is 1.37 bits per heavy atom. The third-order valence-corrected chi connectivity index (χ3v) is 24.3. The molecule has 24 nitrogen and oxygen atoms in total. The Morgan fingerprint density at radius 2 is 0.960 bits per heavy atom. The van der Waals surface area contributed by atoms with Gasteiger partial charge in [-0.1, -0.05) is 111 Å². The molecule has 2 aromatic carbocycles. The van der Waals surface area contributed by atoms with Gasteiger partial charge < -0.3 is 48.5 Å². The number of benzene rings is 2. The predicted octanol–water partition coefficient (Wildman–Crippen LogP) is 7.54. The number of aliphatic hydroxyl groups excluding tert-OH is 1. The van der Waals surface area contributed by atoms with Gasteiger partial charge in [0.2, 0.25) is 5.91 Å². The van der Waals surface area contributed by atoms with E-state index in [1.54, 1.807) is 84.9 Å². The number of pyridine rings is 2. The average Bonchev–Trinajstić information content (AvgIpc) is 0.675. The Kier molecular flexibility index (Phi) is 19.1. The molecule has 3 saturated heterocycles. The van der Waals surface area contributed by atoms with Crippen molar-refractivity contribution in [2.24, 2.45) is 51.2 Å². The summed E-state index contributed by atoms with van der Waals surface area (Å²) in [4.78, 5) is 155. The molecule has 101 heavy (non-hydrogen) atoms. The molecule has 4 bridgehead atoms. The zero-order valence-electron chi connectivity index (χ0n) is 59.1. The van der Waals surface area contributed by atoms with Crippen LogP contribution in [0.4, 0.5) is 0 Å². The summed E-state index contributed by atoms with van der Waals surface area (Å²) in [5.41, 5.74) is -10.4. The van der Waals surface area contributed by atoms with E-state index in [0.717, 1.165) is 5.56 Å². The van der Waals surface area contributed by atoms with Crippen LogP contribution in [-0.4, -0.2) is 167 Å². The van der Waals surface area contributed by atoms with Crippen molar-refractivity contribution >= 4 is 64.8 Å². The third kappa shape index (κ3) is 11.3. The Morgan fingerprint density at radius 1 is 0.545 bits per heavy atom. The molecular formula is C77H87N3O21. The van der Waals surface area contributed by atoms with Crippen molar-refractivity contribution < 1.29 is 101 Å². The molecule has 4 saturated carbocycles. The van der Waals surface area contributed by atoms with Crippen LogP contribution < -0.4 is 0 Å². The lowest BCUT2D eigenvalue weighted by Gasteiger charge is -2.67. The number of ether oxygens (including phenoxy) is 7. The molecule has 7 fully saturated rings. The topological polar surface area (TPSA) is 342 Å². The molecular weight excluding hydrogens is 1300 g/mol. The normalized spacial score (nSPS) is 36.1. The number of hydrogen-bond donors (Lipinski definition) is 3. The first-order valence-corrected chi connectivity index (χ1v) is 34.0. The van der Waals surface area contributed by atoms with Gasteiger partial charge in [-0.15, -0.1) is 0 Å². The van der Waals surface area contributed by atoms with Crippen LogP contribution in [0, 0.1) is 51.2 Å². The summed E-state index contributed by atoms with van der Waals surface area (Å²) in [6.45, 7) is 21.9. The number of rotatable bonds is 9. The van der Waals surface area contributed by atoms with Crippen LogP contribution in [0.2, 0.25) is 0 Å². The predicted molar refractivity (Wildman–Crippen MR) is 356 cm³/mol. The molecule has 9 aliphatic rings. The molecule has 3 N–H and O–H groups in total. The van der Waals surface area contributed by atoms with Gasteiger partial charge >= 0.3 is 29.8 Å². The summed E-state index contributed by atoms with van der Waals surface area (Å²) < 4.78 is 41.8. The lowest BCUT2D eigenvalue weighted by molar-refractivity contribution is -0.338. The third-order valence-electron chi connectivity index (χ3n) is 24.3. The second-order valence-electron chi connectivity index (χ2n) is 30.1. The van der Waals surface area contributed by atoms with Gasteiger partial charge in [-0.2, -0.15) is 0 Å². The van der Waals surface area contributed by atoms with Gasteiger partial charge in [-0.3, -0.25) is 58.0 Å². The first-order valence-electron chi connectivity index (χ1n) is 34.0. The van der Waals surface area contributed by atoms with Gasteiger partial charge in [0.05, 0.1) is 48.1 Å². The van der Waals surface area contributed by atoms with E-state index < -0.39 is 170 Å². The smallest absolute Gasteiger partial charge is 0.340 e. The van der Waals surface area contributed by atoms with Gasteiger partial charge in [-0.05, 0) is 103 Å². The monoisotopic (exact) mass is 1390 g/mol. The van der Waals surface area contributed by atoms with E-state index >= 15 is 0 Å². The molecule has 3 aliphatic heterocycles. The summed E-state index contributed by atoms with van der Waals surface area (Å²) in [6, 6.07) is 24.6. The molecule has 18 atom stereocenters. The number of fused-ring (bicyclic) bond motifs is 10. The SMILES string of the molecule is CC(=O)OC12COC1C[C@H](C)[C@@]1(C)C(=O)C(O)C3=C(C)C(=O)CC(O)(C(OC(=O)c4cccnc4)C21)C3(C)C.CC(=O)OC1C(=O)[C@@]2(C)C(C(OC(=O)c3cccnc3)C3(O)CC(=O)C(C)=C1C3(C)C)C1(OC(C)=O)COC1C[C@@H]2C.C[C@H]1C(=O)N(C(=O)c2ccccc2)C1c1ccccc1. The maximum absolute atomic E-state index is 14.9. The Bertz CT molecular complexity index is 4140. The van der Waals surface area contributed by atoms with Crippen molar-refractivity contribution in [1.82, 2.24) is 14.9 Å². The van der Waals surface area contributed by atoms with Crippen molar-refractivity contribution in [2.75, 3.05) is 13.2 Å². The first kappa shape index (κ1) is 73.4. The maximum Gasteiger partial charge on any atom is 0.340 e. The Labute approximate surface area is 584 Å². The summed E-state index contributed by atoms with van der Waals surface area (Å²) in [7, 11) is 0. The van der Waals surface area contributed by atoms with Crippen LogP contribution in [-0.2, 0) is 71.5 Å². The number of aromatic nitrogens is 2. The number of allylic oxidation sites excluding steroid dienone is 2. The van der Waals surface area contributed by atoms with Crippen LogP contribution in [0.25, 0.3) is 0 Å². The van der Waals surface area contributed by atoms with Crippen molar-refractivity contribution in [3.8, 4) is 0 Å². The second kappa shape index (κ2) is 26.2. The fourth-order valence-corrected chi connectivity index (χ4v) is 18.3. The van der Waals surface area contributed by atoms with Gasteiger partial charge in [-0.25, -0.2) is 9.59 Å². The maximum atomic E-state index is 14.9. The Balaban J connectivity index is 0.000000161. The highest BCUT2D eigenvalue weighted by Crippen LogP contribution is 2.67. The molecule has 13 rings (SSSR count). The number of esters is 5. The lowest BCUT2D eigenvalue weighted by atomic mass is 9.43. The molecule has 13 unspecified atom stereocenters. The van der Waals surface area contributed by atoms with Crippen molar-refractivity contribution in [2.45, 2.75) is 188 Å². The highest BCUT2D eigenvalue weighted by molar-refractivity contribution is 6.09. The number of hydrogen-bond acceptors (Lipinski definition) is 23. The van der Waals surface area contributed by atoms with E-state index in [2.05, 4.69) is 9.97 Å². The fourth-order valence-electron chi connectivity index (χ4n) is 18.3. The van der Waals surface area contributed by atoms with Gasteiger partial charge in [0.15, 0.2) is 40.4 Å².